The molecule has 2 fully saturated rings. The van der Waals surface area contributed by atoms with Gasteiger partial charge in [0.2, 0.25) is 0 Å². The van der Waals surface area contributed by atoms with Crippen molar-refractivity contribution in [2.75, 3.05) is 13.1 Å². The van der Waals surface area contributed by atoms with Crippen LogP contribution in [0.2, 0.25) is 0 Å². The molecule has 3 rings (SSSR count). The molecule has 1 unspecified atom stereocenters. The van der Waals surface area contributed by atoms with Gasteiger partial charge in [0.05, 0.1) is 0 Å². The molecule has 2 heteroatoms. The summed E-state index contributed by atoms with van der Waals surface area (Å²) in [5, 5.41) is 0. The molecule has 1 atom stereocenters. The first-order valence-electron chi connectivity index (χ1n) is 7.89. The predicted molar refractivity (Wildman–Crippen MR) is 80.2 cm³/mol. The molecule has 2 nitrogen and oxygen atoms in total. The molecule has 104 valence electrons. The fraction of sp³-hybridized carbons (Fsp3) is 0.647. The molecule has 0 aromatic heterocycles. The highest BCUT2D eigenvalue weighted by atomic mass is 15.2. The van der Waals surface area contributed by atoms with Crippen LogP contribution in [0.25, 0.3) is 0 Å². The molecule has 0 aliphatic heterocycles. The van der Waals surface area contributed by atoms with Crippen LogP contribution in [-0.4, -0.2) is 24.0 Å². The molecule has 2 saturated carbocycles. The highest BCUT2D eigenvalue weighted by Crippen LogP contribution is 2.40. The maximum Gasteiger partial charge on any atom is 0.0473 e. The highest BCUT2D eigenvalue weighted by Gasteiger charge is 2.33. The lowest BCUT2D eigenvalue weighted by atomic mass is 10.0. The summed E-state index contributed by atoms with van der Waals surface area (Å²) in [4.78, 5) is 2.63. The van der Waals surface area contributed by atoms with Crippen LogP contribution in [0.3, 0.4) is 0 Å². The Labute approximate surface area is 117 Å². The summed E-state index contributed by atoms with van der Waals surface area (Å²) in [5.41, 5.74) is 9.00. The van der Waals surface area contributed by atoms with Crippen molar-refractivity contribution in [2.45, 2.75) is 57.0 Å². The van der Waals surface area contributed by atoms with Gasteiger partial charge >= 0.3 is 0 Å². The van der Waals surface area contributed by atoms with Gasteiger partial charge in [-0.2, -0.15) is 0 Å². The van der Waals surface area contributed by atoms with Gasteiger partial charge in [0, 0.05) is 18.6 Å². The SMILES string of the molecule is CCCN(C1CC1)C(CN)c1ccc(C2CC2)cc1. The standard InChI is InChI=1S/C17H26N2/c1-2-11-19(16-9-10-16)17(12-18)15-7-5-14(6-8-15)13-3-4-13/h5-8,13,16-17H,2-4,9-12,18H2,1H3. The van der Waals surface area contributed by atoms with Crippen LogP contribution in [0, 0.1) is 0 Å². The van der Waals surface area contributed by atoms with E-state index < -0.39 is 0 Å². The minimum absolute atomic E-state index is 0.417. The van der Waals surface area contributed by atoms with Crippen molar-refractivity contribution in [3.8, 4) is 0 Å². The zero-order chi connectivity index (χ0) is 13.2. The minimum atomic E-state index is 0.417. The minimum Gasteiger partial charge on any atom is -0.329 e. The first-order valence-corrected chi connectivity index (χ1v) is 7.89. The Bertz CT molecular complexity index is 404. The number of nitrogens with zero attached hydrogens (tertiary/aromatic N) is 1. The molecule has 19 heavy (non-hydrogen) atoms. The first-order chi connectivity index (χ1) is 9.33. The van der Waals surface area contributed by atoms with E-state index in [4.69, 9.17) is 5.73 Å². The maximum absolute atomic E-state index is 6.07. The summed E-state index contributed by atoms with van der Waals surface area (Å²) >= 11 is 0. The number of hydrogen-bond donors (Lipinski definition) is 1. The molecule has 2 aliphatic rings. The Morgan fingerprint density at radius 1 is 1.16 bits per heavy atom. The van der Waals surface area contributed by atoms with E-state index in [1.165, 1.54) is 49.8 Å². The third kappa shape index (κ3) is 3.01. The molecule has 2 aliphatic carbocycles. The van der Waals surface area contributed by atoms with Crippen molar-refractivity contribution in [3.63, 3.8) is 0 Å². The largest absolute Gasteiger partial charge is 0.329 e. The summed E-state index contributed by atoms with van der Waals surface area (Å²) in [6.07, 6.45) is 6.69. The molecule has 2 N–H and O–H groups in total. The van der Waals surface area contributed by atoms with E-state index in [-0.39, 0.29) is 0 Å². The van der Waals surface area contributed by atoms with E-state index in [0.717, 1.165) is 18.5 Å². The van der Waals surface area contributed by atoms with Gasteiger partial charge in [0.25, 0.3) is 0 Å². The number of hydrogen-bond acceptors (Lipinski definition) is 2. The summed E-state index contributed by atoms with van der Waals surface area (Å²) in [7, 11) is 0. The lowest BCUT2D eigenvalue weighted by Gasteiger charge is -2.31. The zero-order valence-corrected chi connectivity index (χ0v) is 12.0. The Kier molecular flexibility index (Phi) is 3.90. The van der Waals surface area contributed by atoms with E-state index in [0.29, 0.717) is 6.04 Å². The third-order valence-corrected chi connectivity index (χ3v) is 4.49. The first kappa shape index (κ1) is 13.1. The predicted octanol–water partition coefficient (Wildman–Crippen LogP) is 3.44. The van der Waals surface area contributed by atoms with Gasteiger partial charge in [-0.25, -0.2) is 0 Å². The number of rotatable bonds is 7. The molecule has 0 heterocycles. The smallest absolute Gasteiger partial charge is 0.0473 e. The lowest BCUT2D eigenvalue weighted by Crippen LogP contribution is -2.36. The summed E-state index contributed by atoms with van der Waals surface area (Å²) in [6.45, 7) is 4.18. The Morgan fingerprint density at radius 3 is 2.32 bits per heavy atom. The average Bonchev–Trinajstić information content (AvgIpc) is 3.31. The second kappa shape index (κ2) is 5.64. The molecule has 1 aromatic rings. The van der Waals surface area contributed by atoms with Crippen LogP contribution in [0.15, 0.2) is 24.3 Å². The highest BCUT2D eigenvalue weighted by molar-refractivity contribution is 5.30. The summed E-state index contributed by atoms with van der Waals surface area (Å²) in [5.74, 6) is 0.848. The Morgan fingerprint density at radius 2 is 1.84 bits per heavy atom. The molecule has 0 saturated heterocycles. The number of benzene rings is 1. The second-order valence-electron chi connectivity index (χ2n) is 6.16. The van der Waals surface area contributed by atoms with Crippen molar-refractivity contribution < 1.29 is 0 Å². The van der Waals surface area contributed by atoms with Gasteiger partial charge in [0.15, 0.2) is 0 Å². The van der Waals surface area contributed by atoms with Crippen LogP contribution in [0.4, 0.5) is 0 Å². The van der Waals surface area contributed by atoms with E-state index in [1.807, 2.05) is 0 Å². The quantitative estimate of drug-likeness (QED) is 0.812. The lowest BCUT2D eigenvalue weighted by molar-refractivity contribution is 0.191. The van der Waals surface area contributed by atoms with Gasteiger partial charge in [-0.15, -0.1) is 0 Å². The van der Waals surface area contributed by atoms with Gasteiger partial charge in [-0.3, -0.25) is 4.90 Å². The number of nitrogens with two attached hydrogens (primary N) is 1. The van der Waals surface area contributed by atoms with Gasteiger partial charge < -0.3 is 5.73 Å². The molecular formula is C17H26N2. The molecule has 0 spiro atoms. The summed E-state index contributed by atoms with van der Waals surface area (Å²) < 4.78 is 0. The van der Waals surface area contributed by atoms with Crippen LogP contribution < -0.4 is 5.73 Å². The average molecular weight is 258 g/mol. The van der Waals surface area contributed by atoms with Crippen LogP contribution in [0.1, 0.15) is 62.1 Å². The van der Waals surface area contributed by atoms with Crippen molar-refractivity contribution >= 4 is 0 Å². The molecular weight excluding hydrogens is 232 g/mol. The summed E-state index contributed by atoms with van der Waals surface area (Å²) in [6, 6.07) is 10.5. The van der Waals surface area contributed by atoms with E-state index in [9.17, 15) is 0 Å². The van der Waals surface area contributed by atoms with Crippen molar-refractivity contribution in [3.05, 3.63) is 35.4 Å². The van der Waals surface area contributed by atoms with Gasteiger partial charge in [0.1, 0.15) is 0 Å². The Balaban J connectivity index is 1.75. The molecule has 0 radical (unpaired) electrons. The van der Waals surface area contributed by atoms with Crippen molar-refractivity contribution in [2.24, 2.45) is 5.73 Å². The van der Waals surface area contributed by atoms with E-state index in [2.05, 4.69) is 36.1 Å². The van der Waals surface area contributed by atoms with Crippen LogP contribution >= 0.6 is 0 Å². The van der Waals surface area contributed by atoms with Gasteiger partial charge in [-0.1, -0.05) is 31.2 Å². The van der Waals surface area contributed by atoms with Crippen molar-refractivity contribution in [1.29, 1.82) is 0 Å². The van der Waals surface area contributed by atoms with E-state index >= 15 is 0 Å². The van der Waals surface area contributed by atoms with Crippen LogP contribution in [-0.2, 0) is 0 Å². The normalized spacial score (nSPS) is 20.8. The monoisotopic (exact) mass is 258 g/mol. The topological polar surface area (TPSA) is 29.3 Å². The van der Waals surface area contributed by atoms with Crippen molar-refractivity contribution in [1.82, 2.24) is 4.90 Å². The Hall–Kier alpha value is -0.860. The van der Waals surface area contributed by atoms with Crippen LogP contribution in [0.5, 0.6) is 0 Å². The van der Waals surface area contributed by atoms with E-state index in [1.54, 1.807) is 0 Å². The van der Waals surface area contributed by atoms with Gasteiger partial charge in [-0.05, 0) is 55.7 Å². The maximum atomic E-state index is 6.07. The molecule has 0 bridgehead atoms. The molecule has 0 amide bonds. The molecule has 1 aromatic carbocycles. The zero-order valence-electron chi connectivity index (χ0n) is 12.0. The fourth-order valence-corrected chi connectivity index (χ4v) is 3.13. The fourth-order valence-electron chi connectivity index (χ4n) is 3.13. The third-order valence-electron chi connectivity index (χ3n) is 4.49. The second-order valence-corrected chi connectivity index (χ2v) is 6.16.